The number of anilines is 3. The average Bonchev–Trinajstić information content (AvgIpc) is 1.82. The molecule has 0 atom stereocenters. The van der Waals surface area contributed by atoms with Crippen LogP contribution in [0.1, 0.15) is 0 Å². The molecule has 0 fully saturated rings. The standard InChI is InChI=1S/C4H6ClN5/c5-2-1(6)3(7)10-4(8)9-2/h6H2,(H4,7,8,9,10)/i1+1,2+1,3+1,4+1. The fraction of sp³-hybridized carbons (Fsp3) is 0. The van der Waals surface area contributed by atoms with Crippen LogP contribution in [0.3, 0.4) is 0 Å². The highest BCUT2D eigenvalue weighted by molar-refractivity contribution is 6.32. The maximum Gasteiger partial charge on any atom is 0.223 e. The number of nitrogens with two attached hydrogens (primary N) is 3. The van der Waals surface area contributed by atoms with Gasteiger partial charge in [-0.1, -0.05) is 11.6 Å². The molecule has 0 saturated carbocycles. The van der Waals surface area contributed by atoms with E-state index in [-0.39, 0.29) is 22.6 Å². The Morgan fingerprint density at radius 3 is 2.20 bits per heavy atom. The Morgan fingerprint density at radius 2 is 1.70 bits per heavy atom. The van der Waals surface area contributed by atoms with E-state index < -0.39 is 0 Å². The van der Waals surface area contributed by atoms with Crippen molar-refractivity contribution in [3.63, 3.8) is 0 Å². The molecule has 0 aliphatic heterocycles. The van der Waals surface area contributed by atoms with Crippen molar-refractivity contribution in [2.24, 2.45) is 0 Å². The lowest BCUT2D eigenvalue weighted by atomic mass is 11.3. The maximum absolute atomic E-state index is 5.48. The molecule has 0 spiro atoms. The average molecular weight is 164 g/mol. The van der Waals surface area contributed by atoms with Gasteiger partial charge in [0.1, 0.15) is 5.69 Å². The Balaban J connectivity index is 3.31. The molecular formula is C4H6ClN5. The number of hydrogen-bond donors (Lipinski definition) is 3. The summed E-state index contributed by atoms with van der Waals surface area (Å²) >= 11 is 5.48. The molecule has 1 aromatic heterocycles. The Morgan fingerprint density at radius 1 is 1.10 bits per heavy atom. The van der Waals surface area contributed by atoms with Gasteiger partial charge in [-0.15, -0.1) is 0 Å². The zero-order valence-electron chi connectivity index (χ0n) is 5.00. The van der Waals surface area contributed by atoms with Gasteiger partial charge < -0.3 is 17.2 Å². The predicted octanol–water partition coefficient (Wildman–Crippen LogP) is -0.123. The Hall–Kier alpha value is -1.23. The van der Waals surface area contributed by atoms with Gasteiger partial charge in [0.05, 0.1) is 0 Å². The summed E-state index contributed by atoms with van der Waals surface area (Å²) in [4.78, 5) is 7.13. The summed E-state index contributed by atoms with van der Waals surface area (Å²) in [5.74, 6) is 0.134. The van der Waals surface area contributed by atoms with Crippen LogP contribution in [0.15, 0.2) is 0 Å². The van der Waals surface area contributed by atoms with Crippen LogP contribution in [-0.2, 0) is 0 Å². The predicted molar refractivity (Wildman–Crippen MR) is 40.3 cm³/mol. The van der Waals surface area contributed by atoms with Crippen molar-refractivity contribution in [3.05, 3.63) is 5.15 Å². The minimum absolute atomic E-state index is 0.0247. The number of nitrogens with zero attached hydrogens (tertiary/aromatic N) is 2. The van der Waals surface area contributed by atoms with E-state index in [9.17, 15) is 0 Å². The van der Waals surface area contributed by atoms with Crippen LogP contribution in [0.4, 0.5) is 17.5 Å². The summed E-state index contributed by atoms with van der Waals surface area (Å²) in [6.45, 7) is 0. The van der Waals surface area contributed by atoms with Crippen molar-refractivity contribution in [1.29, 1.82) is 0 Å². The zero-order chi connectivity index (χ0) is 7.72. The smallest absolute Gasteiger partial charge is 0.223 e. The molecule has 0 saturated heterocycles. The Kier molecular flexibility index (Phi) is 1.50. The first kappa shape index (κ1) is 6.88. The van der Waals surface area contributed by atoms with Crippen LogP contribution in [-0.4, -0.2) is 9.97 Å². The van der Waals surface area contributed by atoms with Gasteiger partial charge in [-0.25, -0.2) is 0 Å². The molecule has 1 heterocycles. The summed E-state index contributed by atoms with van der Waals surface area (Å²) in [5, 5.41) is 0.0880. The van der Waals surface area contributed by atoms with Crippen molar-refractivity contribution in [2.75, 3.05) is 17.2 Å². The van der Waals surface area contributed by atoms with Crippen molar-refractivity contribution in [2.45, 2.75) is 0 Å². The minimum Gasteiger partial charge on any atom is -0.393 e. The molecule has 6 N–H and O–H groups in total. The molecule has 0 aliphatic rings. The van der Waals surface area contributed by atoms with Gasteiger partial charge in [0.25, 0.3) is 0 Å². The quantitative estimate of drug-likeness (QED) is 0.463. The van der Waals surface area contributed by atoms with Crippen molar-refractivity contribution < 1.29 is 0 Å². The first-order valence-electron chi connectivity index (χ1n) is 2.45. The van der Waals surface area contributed by atoms with Crippen molar-refractivity contribution >= 4 is 29.1 Å². The monoisotopic (exact) mass is 163 g/mol. The molecule has 1 rings (SSSR count). The number of hydrogen-bond acceptors (Lipinski definition) is 5. The number of nitrogen functional groups attached to an aromatic ring is 3. The van der Waals surface area contributed by atoms with Gasteiger partial charge >= 0.3 is 0 Å². The Bertz CT molecular complexity index is 237. The summed E-state index contributed by atoms with van der Waals surface area (Å²) in [7, 11) is 0. The second-order valence-electron chi connectivity index (χ2n) is 1.67. The Labute approximate surface area is 62.2 Å². The highest BCUT2D eigenvalue weighted by Gasteiger charge is 2.03. The van der Waals surface area contributed by atoms with Gasteiger partial charge in [-0.05, 0) is 0 Å². The number of rotatable bonds is 0. The first-order chi connectivity index (χ1) is 4.61. The molecule has 5 nitrogen and oxygen atoms in total. The normalized spacial score (nSPS) is 9.70. The fourth-order valence-electron chi connectivity index (χ4n) is 0.475. The van der Waals surface area contributed by atoms with Crippen molar-refractivity contribution in [3.8, 4) is 0 Å². The van der Waals surface area contributed by atoms with Crippen LogP contribution in [0.25, 0.3) is 0 Å². The van der Waals surface area contributed by atoms with Gasteiger partial charge in [0.2, 0.25) is 5.95 Å². The minimum atomic E-state index is 0.0247. The lowest BCUT2D eigenvalue weighted by Gasteiger charge is -2.00. The van der Waals surface area contributed by atoms with Gasteiger partial charge in [0, 0.05) is 0 Å². The molecule has 0 radical (unpaired) electrons. The summed E-state index contributed by atoms with van der Waals surface area (Å²) in [6, 6.07) is 0. The summed E-state index contributed by atoms with van der Waals surface area (Å²) in [6.07, 6.45) is 0. The van der Waals surface area contributed by atoms with E-state index in [1.54, 1.807) is 0 Å². The van der Waals surface area contributed by atoms with E-state index in [4.69, 9.17) is 28.8 Å². The third kappa shape index (κ3) is 1.03. The van der Waals surface area contributed by atoms with E-state index in [1.165, 1.54) is 0 Å². The second kappa shape index (κ2) is 2.18. The highest BCUT2D eigenvalue weighted by Crippen LogP contribution is 2.20. The second-order valence-corrected chi connectivity index (χ2v) is 2.03. The molecule has 0 amide bonds. The van der Waals surface area contributed by atoms with E-state index in [0.29, 0.717) is 0 Å². The first-order valence-corrected chi connectivity index (χ1v) is 2.83. The molecule has 0 aromatic carbocycles. The number of halogens is 1. The van der Waals surface area contributed by atoms with E-state index in [0.717, 1.165) is 0 Å². The lowest BCUT2D eigenvalue weighted by Crippen LogP contribution is -2.04. The summed E-state index contributed by atoms with van der Waals surface area (Å²) in [5.41, 5.74) is 15.9. The molecule has 54 valence electrons. The molecule has 0 bridgehead atoms. The van der Waals surface area contributed by atoms with Gasteiger partial charge in [-0.2, -0.15) is 9.97 Å². The van der Waals surface area contributed by atoms with E-state index >= 15 is 0 Å². The van der Waals surface area contributed by atoms with Gasteiger partial charge in [0.15, 0.2) is 11.0 Å². The molecule has 0 aliphatic carbocycles. The topological polar surface area (TPSA) is 104 Å². The fourth-order valence-corrected chi connectivity index (χ4v) is 0.659. The third-order valence-electron chi connectivity index (χ3n) is 0.946. The zero-order valence-corrected chi connectivity index (χ0v) is 5.76. The van der Waals surface area contributed by atoms with Gasteiger partial charge in [-0.3, -0.25) is 0 Å². The maximum atomic E-state index is 5.48. The highest BCUT2D eigenvalue weighted by atomic mass is 35.5. The van der Waals surface area contributed by atoms with Crippen LogP contribution in [0.5, 0.6) is 0 Å². The van der Waals surface area contributed by atoms with E-state index in [2.05, 4.69) is 9.97 Å². The molecule has 10 heavy (non-hydrogen) atoms. The van der Waals surface area contributed by atoms with Crippen LogP contribution < -0.4 is 17.2 Å². The molecular weight excluding hydrogens is 158 g/mol. The SMILES string of the molecule is N[13c]1n[13c](N)[13c](N)[13c](Cl)n1. The van der Waals surface area contributed by atoms with Crippen LogP contribution in [0.2, 0.25) is 5.15 Å². The molecule has 1 aromatic rings. The summed E-state index contributed by atoms with van der Waals surface area (Å²) < 4.78 is 0. The van der Waals surface area contributed by atoms with Crippen LogP contribution in [0, 0.1) is 0 Å². The lowest BCUT2D eigenvalue weighted by molar-refractivity contribution is 1.20. The molecule has 6 heteroatoms. The van der Waals surface area contributed by atoms with Crippen molar-refractivity contribution in [1.82, 2.24) is 9.97 Å². The largest absolute Gasteiger partial charge is 0.393 e. The van der Waals surface area contributed by atoms with Crippen LogP contribution >= 0.6 is 11.6 Å². The number of aromatic nitrogens is 2. The van der Waals surface area contributed by atoms with E-state index in [1.807, 2.05) is 0 Å². The molecule has 0 unspecified atom stereocenters. The third-order valence-corrected chi connectivity index (χ3v) is 1.23.